The zero-order chi connectivity index (χ0) is 6.53. The molecule has 0 aromatic carbocycles. The second-order valence-electron chi connectivity index (χ2n) is 2.56. The molecule has 0 saturated heterocycles. The Hall–Kier alpha value is -0.520. The molecule has 0 amide bonds. The van der Waals surface area contributed by atoms with Gasteiger partial charge in [-0.2, -0.15) is 0 Å². The zero-order valence-electron chi connectivity index (χ0n) is 6.06. The fourth-order valence-electron chi connectivity index (χ4n) is 0.978. The standard InChI is InChI=1S/C9H14/c1-2-3-4-6-9-7-5-8-9/h5,7-8H,2-4,6H2,1H3. The molecule has 0 aliphatic heterocycles. The van der Waals surface area contributed by atoms with Crippen LogP contribution in [0.4, 0.5) is 0 Å². The Morgan fingerprint density at radius 3 is 2.56 bits per heavy atom. The normalized spacial score (nSPS) is 15.0. The van der Waals surface area contributed by atoms with E-state index in [2.05, 4.69) is 25.2 Å². The lowest BCUT2D eigenvalue weighted by Gasteiger charge is -2.04. The first kappa shape index (κ1) is 6.60. The Kier molecular flexibility index (Phi) is 2.56. The molecule has 0 heteroatoms. The number of unbranched alkanes of at least 4 members (excludes halogenated alkanes) is 2. The van der Waals surface area contributed by atoms with E-state index in [0.29, 0.717) is 0 Å². The molecule has 0 unspecified atom stereocenters. The van der Waals surface area contributed by atoms with Crippen LogP contribution in [-0.2, 0) is 0 Å². The van der Waals surface area contributed by atoms with Crippen LogP contribution in [0.2, 0.25) is 0 Å². The Labute approximate surface area is 57.3 Å². The summed E-state index contributed by atoms with van der Waals surface area (Å²) in [6.07, 6.45) is 11.9. The molecule has 1 rings (SSSR count). The highest BCUT2D eigenvalue weighted by Crippen LogP contribution is 2.15. The van der Waals surface area contributed by atoms with E-state index in [1.807, 2.05) is 0 Å². The third-order valence-electron chi connectivity index (χ3n) is 1.69. The molecule has 1 aliphatic rings. The van der Waals surface area contributed by atoms with Crippen molar-refractivity contribution in [1.29, 1.82) is 0 Å². The van der Waals surface area contributed by atoms with Crippen LogP contribution in [0.25, 0.3) is 0 Å². The van der Waals surface area contributed by atoms with Gasteiger partial charge in [-0.3, -0.25) is 0 Å². The Morgan fingerprint density at radius 2 is 2.11 bits per heavy atom. The van der Waals surface area contributed by atoms with Gasteiger partial charge in [0.2, 0.25) is 0 Å². The number of hydrogen-bond donors (Lipinski definition) is 0. The van der Waals surface area contributed by atoms with E-state index < -0.39 is 0 Å². The van der Waals surface area contributed by atoms with Crippen molar-refractivity contribution in [1.82, 2.24) is 0 Å². The predicted molar refractivity (Wildman–Crippen MR) is 41.4 cm³/mol. The fraction of sp³-hybridized carbons (Fsp3) is 0.556. The number of allylic oxidation sites excluding steroid dienone is 4. The molecule has 0 heterocycles. The third-order valence-corrected chi connectivity index (χ3v) is 1.69. The highest BCUT2D eigenvalue weighted by Gasteiger charge is 1.95. The van der Waals surface area contributed by atoms with Crippen LogP contribution in [0.15, 0.2) is 23.8 Å². The first-order chi connectivity index (χ1) is 4.43. The molecular weight excluding hydrogens is 108 g/mol. The Morgan fingerprint density at radius 1 is 1.33 bits per heavy atom. The third kappa shape index (κ3) is 2.05. The summed E-state index contributed by atoms with van der Waals surface area (Å²) in [5.41, 5.74) is 1.53. The lowest BCUT2D eigenvalue weighted by Crippen LogP contribution is -1.84. The fourth-order valence-corrected chi connectivity index (χ4v) is 0.978. The van der Waals surface area contributed by atoms with Crippen LogP contribution in [0.3, 0.4) is 0 Å². The molecule has 1 aliphatic carbocycles. The van der Waals surface area contributed by atoms with Crippen LogP contribution in [0.5, 0.6) is 0 Å². The maximum atomic E-state index is 2.24. The quantitative estimate of drug-likeness (QED) is 0.503. The van der Waals surface area contributed by atoms with Crippen LogP contribution in [0, 0.1) is 0 Å². The lowest BCUT2D eigenvalue weighted by atomic mass is 10.0. The van der Waals surface area contributed by atoms with Crippen molar-refractivity contribution in [3.8, 4) is 0 Å². The highest BCUT2D eigenvalue weighted by atomic mass is 14.0. The van der Waals surface area contributed by atoms with E-state index in [4.69, 9.17) is 0 Å². The molecular formula is C9H14. The molecule has 50 valence electrons. The maximum absolute atomic E-state index is 2.24. The van der Waals surface area contributed by atoms with Gasteiger partial charge in [-0.15, -0.1) is 0 Å². The molecule has 0 aromatic rings. The van der Waals surface area contributed by atoms with Gasteiger partial charge >= 0.3 is 0 Å². The van der Waals surface area contributed by atoms with Gasteiger partial charge in [0.25, 0.3) is 0 Å². The topological polar surface area (TPSA) is 0 Å². The van der Waals surface area contributed by atoms with Gasteiger partial charge in [-0.05, 0) is 18.4 Å². The average molecular weight is 122 g/mol. The second kappa shape index (κ2) is 3.49. The predicted octanol–water partition coefficient (Wildman–Crippen LogP) is 3.06. The van der Waals surface area contributed by atoms with Gasteiger partial charge in [0, 0.05) is 0 Å². The summed E-state index contributed by atoms with van der Waals surface area (Å²) in [6.45, 7) is 2.24. The zero-order valence-corrected chi connectivity index (χ0v) is 6.06. The first-order valence-corrected chi connectivity index (χ1v) is 3.80. The van der Waals surface area contributed by atoms with E-state index in [1.165, 1.54) is 31.3 Å². The van der Waals surface area contributed by atoms with Crippen molar-refractivity contribution in [2.24, 2.45) is 0 Å². The van der Waals surface area contributed by atoms with Gasteiger partial charge in [0.05, 0.1) is 0 Å². The molecule has 0 aromatic heterocycles. The van der Waals surface area contributed by atoms with Crippen LogP contribution in [-0.4, -0.2) is 0 Å². The van der Waals surface area contributed by atoms with Crippen molar-refractivity contribution >= 4 is 0 Å². The SMILES string of the molecule is CCCCCC1=CC=C1. The average Bonchev–Trinajstić information content (AvgIpc) is 1.76. The van der Waals surface area contributed by atoms with Crippen molar-refractivity contribution in [3.05, 3.63) is 23.8 Å². The van der Waals surface area contributed by atoms with Crippen molar-refractivity contribution in [3.63, 3.8) is 0 Å². The minimum atomic E-state index is 1.30. The van der Waals surface area contributed by atoms with Gasteiger partial charge in [-0.25, -0.2) is 0 Å². The van der Waals surface area contributed by atoms with Gasteiger partial charge in [-0.1, -0.05) is 38.0 Å². The van der Waals surface area contributed by atoms with Gasteiger partial charge in [0.1, 0.15) is 0 Å². The summed E-state index contributed by atoms with van der Waals surface area (Å²) < 4.78 is 0. The second-order valence-corrected chi connectivity index (χ2v) is 2.56. The van der Waals surface area contributed by atoms with E-state index >= 15 is 0 Å². The maximum Gasteiger partial charge on any atom is -0.0279 e. The van der Waals surface area contributed by atoms with Crippen LogP contribution in [0.1, 0.15) is 32.6 Å². The summed E-state index contributed by atoms with van der Waals surface area (Å²) in [7, 11) is 0. The minimum Gasteiger partial charge on any atom is -0.0654 e. The summed E-state index contributed by atoms with van der Waals surface area (Å²) in [4.78, 5) is 0. The van der Waals surface area contributed by atoms with E-state index in [1.54, 1.807) is 0 Å². The summed E-state index contributed by atoms with van der Waals surface area (Å²) >= 11 is 0. The lowest BCUT2D eigenvalue weighted by molar-refractivity contribution is 0.717. The van der Waals surface area contributed by atoms with E-state index in [-0.39, 0.29) is 0 Å². The van der Waals surface area contributed by atoms with Crippen molar-refractivity contribution in [2.75, 3.05) is 0 Å². The molecule has 0 saturated carbocycles. The van der Waals surface area contributed by atoms with Gasteiger partial charge < -0.3 is 0 Å². The molecule has 0 N–H and O–H groups in total. The summed E-state index contributed by atoms with van der Waals surface area (Å²) in [6, 6.07) is 0. The molecule has 0 spiro atoms. The number of hydrogen-bond acceptors (Lipinski definition) is 0. The van der Waals surface area contributed by atoms with Crippen molar-refractivity contribution in [2.45, 2.75) is 32.6 Å². The summed E-state index contributed by atoms with van der Waals surface area (Å²) in [5, 5.41) is 0. The molecule has 0 radical (unpaired) electrons. The Balaban J connectivity index is 1.93. The Bertz CT molecular complexity index is 129. The first-order valence-electron chi connectivity index (χ1n) is 3.80. The molecule has 0 bridgehead atoms. The monoisotopic (exact) mass is 122 g/mol. The minimum absolute atomic E-state index is 1.30. The van der Waals surface area contributed by atoms with Gasteiger partial charge in [0.15, 0.2) is 0 Å². The molecule has 9 heavy (non-hydrogen) atoms. The van der Waals surface area contributed by atoms with Crippen LogP contribution < -0.4 is 0 Å². The van der Waals surface area contributed by atoms with E-state index in [0.717, 1.165) is 0 Å². The smallest absolute Gasteiger partial charge is 0.0279 e. The number of rotatable bonds is 4. The van der Waals surface area contributed by atoms with Crippen LogP contribution >= 0.6 is 0 Å². The summed E-state index contributed by atoms with van der Waals surface area (Å²) in [5.74, 6) is 0. The molecule has 0 nitrogen and oxygen atoms in total. The van der Waals surface area contributed by atoms with Crippen molar-refractivity contribution < 1.29 is 0 Å². The van der Waals surface area contributed by atoms with E-state index in [9.17, 15) is 0 Å². The molecule has 0 fully saturated rings. The highest BCUT2D eigenvalue weighted by molar-refractivity contribution is 5.34. The molecule has 0 atom stereocenters. The largest absolute Gasteiger partial charge is 0.0654 e.